The van der Waals surface area contributed by atoms with Crippen LogP contribution < -0.4 is 15.4 Å². The van der Waals surface area contributed by atoms with Crippen molar-refractivity contribution >= 4 is 11.6 Å². The maximum Gasteiger partial charge on any atom is 0.249 e. The van der Waals surface area contributed by atoms with Crippen molar-refractivity contribution in [3.8, 4) is 0 Å². The van der Waals surface area contributed by atoms with E-state index < -0.39 is 0 Å². The van der Waals surface area contributed by atoms with Crippen molar-refractivity contribution in [3.05, 3.63) is 46.6 Å². The van der Waals surface area contributed by atoms with Gasteiger partial charge in [0.15, 0.2) is 0 Å². The van der Waals surface area contributed by atoms with Crippen LogP contribution in [0.3, 0.4) is 0 Å². The molecule has 1 aliphatic heterocycles. The molecule has 2 fully saturated rings. The van der Waals surface area contributed by atoms with Gasteiger partial charge in [0.05, 0.1) is 0 Å². The van der Waals surface area contributed by atoms with E-state index in [0.29, 0.717) is 5.92 Å². The second-order valence-corrected chi connectivity index (χ2v) is 5.95. The Hall–Kier alpha value is -2.37. The van der Waals surface area contributed by atoms with Crippen molar-refractivity contribution in [2.75, 3.05) is 36.0 Å². The molecule has 2 aromatic heterocycles. The van der Waals surface area contributed by atoms with E-state index in [9.17, 15) is 4.79 Å². The fourth-order valence-electron chi connectivity index (χ4n) is 2.93. The zero-order valence-corrected chi connectivity index (χ0v) is 12.4. The summed E-state index contributed by atoms with van der Waals surface area (Å²) >= 11 is 0. The van der Waals surface area contributed by atoms with Crippen LogP contribution in [0.25, 0.3) is 0 Å². The molecule has 3 heterocycles. The van der Waals surface area contributed by atoms with Crippen LogP contribution in [-0.4, -0.2) is 41.1 Å². The van der Waals surface area contributed by atoms with Gasteiger partial charge in [0.1, 0.15) is 18.0 Å². The first kappa shape index (κ1) is 13.3. The van der Waals surface area contributed by atoms with E-state index in [-0.39, 0.29) is 5.56 Å². The van der Waals surface area contributed by atoms with Gasteiger partial charge in [-0.1, -0.05) is 6.07 Å². The Morgan fingerprint density at radius 2 is 1.82 bits per heavy atom. The van der Waals surface area contributed by atoms with Gasteiger partial charge in [-0.3, -0.25) is 4.79 Å². The quantitative estimate of drug-likeness (QED) is 0.927. The Bertz CT molecular complexity index is 716. The molecule has 22 heavy (non-hydrogen) atoms. The Morgan fingerprint density at radius 1 is 1.05 bits per heavy atom. The van der Waals surface area contributed by atoms with E-state index in [1.54, 1.807) is 18.5 Å². The molecular weight excluding hydrogens is 278 g/mol. The molecule has 6 nitrogen and oxygen atoms in total. The third-order valence-corrected chi connectivity index (χ3v) is 4.37. The minimum absolute atomic E-state index is 0.0511. The SMILES string of the molecule is O=c1cccc(N2CCN(c3cc(C4CC4)ncn3)CC2)[nH]1. The first-order valence-corrected chi connectivity index (χ1v) is 7.81. The molecule has 6 heteroatoms. The minimum atomic E-state index is -0.0511. The second kappa shape index (κ2) is 5.44. The average Bonchev–Trinajstić information content (AvgIpc) is 3.40. The number of aromatic nitrogens is 3. The molecule has 0 unspecified atom stereocenters. The topological polar surface area (TPSA) is 65.1 Å². The van der Waals surface area contributed by atoms with Gasteiger partial charge >= 0.3 is 0 Å². The summed E-state index contributed by atoms with van der Waals surface area (Å²) in [5.41, 5.74) is 1.13. The van der Waals surface area contributed by atoms with E-state index in [1.807, 2.05) is 6.07 Å². The van der Waals surface area contributed by atoms with Crippen LogP contribution in [-0.2, 0) is 0 Å². The molecule has 4 rings (SSSR count). The summed E-state index contributed by atoms with van der Waals surface area (Å²) in [5, 5.41) is 0. The number of hydrogen-bond acceptors (Lipinski definition) is 5. The Labute approximate surface area is 128 Å². The number of pyridine rings is 1. The van der Waals surface area contributed by atoms with Crippen LogP contribution in [0, 0.1) is 0 Å². The summed E-state index contributed by atoms with van der Waals surface area (Å²) in [6.45, 7) is 3.56. The van der Waals surface area contributed by atoms with Crippen LogP contribution in [0.5, 0.6) is 0 Å². The van der Waals surface area contributed by atoms with Crippen LogP contribution >= 0.6 is 0 Å². The van der Waals surface area contributed by atoms with Gasteiger partial charge in [0.25, 0.3) is 0 Å². The maximum atomic E-state index is 11.4. The van der Waals surface area contributed by atoms with Crippen LogP contribution in [0.15, 0.2) is 35.4 Å². The molecule has 2 aliphatic rings. The summed E-state index contributed by atoms with van der Waals surface area (Å²) in [6, 6.07) is 7.43. The average molecular weight is 297 g/mol. The lowest BCUT2D eigenvalue weighted by atomic mass is 10.2. The van der Waals surface area contributed by atoms with Crippen molar-refractivity contribution in [1.29, 1.82) is 0 Å². The third-order valence-electron chi connectivity index (χ3n) is 4.37. The zero-order valence-electron chi connectivity index (χ0n) is 12.4. The first-order valence-electron chi connectivity index (χ1n) is 7.81. The molecule has 0 amide bonds. The Balaban J connectivity index is 1.45. The van der Waals surface area contributed by atoms with E-state index >= 15 is 0 Å². The van der Waals surface area contributed by atoms with E-state index in [4.69, 9.17) is 0 Å². The molecule has 0 radical (unpaired) electrons. The molecule has 1 N–H and O–H groups in total. The molecule has 1 saturated heterocycles. The number of piperazine rings is 1. The number of hydrogen-bond donors (Lipinski definition) is 1. The highest BCUT2D eigenvalue weighted by Gasteiger charge is 2.26. The van der Waals surface area contributed by atoms with Crippen molar-refractivity contribution in [2.24, 2.45) is 0 Å². The highest BCUT2D eigenvalue weighted by molar-refractivity contribution is 5.45. The highest BCUT2D eigenvalue weighted by atomic mass is 16.1. The van der Waals surface area contributed by atoms with E-state index in [1.165, 1.54) is 18.5 Å². The second-order valence-electron chi connectivity index (χ2n) is 5.95. The number of aromatic amines is 1. The summed E-state index contributed by atoms with van der Waals surface area (Å²) in [7, 11) is 0. The molecule has 0 aromatic carbocycles. The lowest BCUT2D eigenvalue weighted by Gasteiger charge is -2.36. The predicted molar refractivity (Wildman–Crippen MR) is 85.5 cm³/mol. The molecule has 1 saturated carbocycles. The van der Waals surface area contributed by atoms with Crippen molar-refractivity contribution in [2.45, 2.75) is 18.8 Å². The van der Waals surface area contributed by atoms with Crippen molar-refractivity contribution in [3.63, 3.8) is 0 Å². The molecule has 0 bridgehead atoms. The highest BCUT2D eigenvalue weighted by Crippen LogP contribution is 2.39. The van der Waals surface area contributed by atoms with Crippen molar-refractivity contribution < 1.29 is 0 Å². The number of nitrogens with zero attached hydrogens (tertiary/aromatic N) is 4. The Kier molecular flexibility index (Phi) is 3.29. The minimum Gasteiger partial charge on any atom is -0.355 e. The van der Waals surface area contributed by atoms with Crippen LogP contribution in [0.4, 0.5) is 11.6 Å². The normalized spacial score (nSPS) is 18.5. The van der Waals surface area contributed by atoms with E-state index in [0.717, 1.165) is 37.8 Å². The lowest BCUT2D eigenvalue weighted by Crippen LogP contribution is -2.47. The van der Waals surface area contributed by atoms with Gasteiger partial charge in [0.2, 0.25) is 5.56 Å². The predicted octanol–water partition coefficient (Wildman–Crippen LogP) is 1.37. The fraction of sp³-hybridized carbons (Fsp3) is 0.438. The van der Waals surface area contributed by atoms with Crippen LogP contribution in [0.2, 0.25) is 0 Å². The summed E-state index contributed by atoms with van der Waals surface area (Å²) < 4.78 is 0. The van der Waals surface area contributed by atoms with Crippen molar-refractivity contribution in [1.82, 2.24) is 15.0 Å². The standard InChI is InChI=1S/C16H19N5O/c22-16-3-1-2-14(19-16)20-6-8-21(9-7-20)15-10-13(12-4-5-12)17-11-18-15/h1-3,10-12H,4-9H2,(H,19,22). The monoisotopic (exact) mass is 297 g/mol. The van der Waals surface area contributed by atoms with Gasteiger partial charge in [-0.05, 0) is 18.9 Å². The first-order chi connectivity index (χ1) is 10.8. The maximum absolute atomic E-state index is 11.4. The molecule has 114 valence electrons. The fourth-order valence-corrected chi connectivity index (χ4v) is 2.93. The number of rotatable bonds is 3. The van der Waals surface area contributed by atoms with Gasteiger partial charge in [-0.2, -0.15) is 0 Å². The van der Waals surface area contributed by atoms with Gasteiger partial charge < -0.3 is 14.8 Å². The summed E-state index contributed by atoms with van der Waals surface area (Å²) in [6.07, 6.45) is 4.20. The lowest BCUT2D eigenvalue weighted by molar-refractivity contribution is 0.639. The van der Waals surface area contributed by atoms with Crippen LogP contribution in [0.1, 0.15) is 24.5 Å². The molecule has 2 aromatic rings. The number of H-pyrrole nitrogens is 1. The summed E-state index contributed by atoms with van der Waals surface area (Å²) in [4.78, 5) is 27.6. The Morgan fingerprint density at radius 3 is 2.55 bits per heavy atom. The molecule has 0 atom stereocenters. The van der Waals surface area contributed by atoms with E-state index in [2.05, 4.69) is 30.8 Å². The molecular formula is C16H19N5O. The smallest absolute Gasteiger partial charge is 0.249 e. The zero-order chi connectivity index (χ0) is 14.9. The molecule has 0 spiro atoms. The number of nitrogens with one attached hydrogen (secondary N) is 1. The van der Waals surface area contributed by atoms with Gasteiger partial charge in [-0.25, -0.2) is 9.97 Å². The summed E-state index contributed by atoms with van der Waals surface area (Å²) in [5.74, 6) is 2.57. The van der Waals surface area contributed by atoms with Gasteiger partial charge in [0, 0.05) is 49.9 Å². The largest absolute Gasteiger partial charge is 0.355 e. The molecule has 1 aliphatic carbocycles. The number of anilines is 2. The van der Waals surface area contributed by atoms with Gasteiger partial charge in [-0.15, -0.1) is 0 Å². The third kappa shape index (κ3) is 2.68.